The molecule has 3 rings (SSSR count). The van der Waals surface area contributed by atoms with Crippen molar-refractivity contribution >= 4 is 5.91 Å². The van der Waals surface area contributed by atoms with Gasteiger partial charge in [-0.25, -0.2) is 0 Å². The molecular formula is C15H23N3O. The molecule has 1 aromatic rings. The Labute approximate surface area is 114 Å². The molecule has 2 fully saturated rings. The minimum atomic E-state index is 0.0659. The molecule has 4 N–H and O–H groups in total. The average molecular weight is 261 g/mol. The molecule has 2 atom stereocenters. The van der Waals surface area contributed by atoms with E-state index in [1.165, 1.54) is 19.3 Å². The molecule has 2 aliphatic carbocycles. The van der Waals surface area contributed by atoms with Crippen molar-refractivity contribution in [2.75, 3.05) is 0 Å². The Bertz CT molecular complexity index is 454. The normalized spacial score (nSPS) is 34.0. The Hall–Kier alpha value is -1.29. The van der Waals surface area contributed by atoms with Crippen LogP contribution in [0.2, 0.25) is 0 Å². The van der Waals surface area contributed by atoms with E-state index in [1.807, 2.05) is 19.2 Å². The second kappa shape index (κ2) is 5.00. The highest BCUT2D eigenvalue weighted by atomic mass is 16.1. The lowest BCUT2D eigenvalue weighted by Crippen LogP contribution is -2.53. The highest BCUT2D eigenvalue weighted by molar-refractivity contribution is 5.95. The Morgan fingerprint density at radius 1 is 1.37 bits per heavy atom. The number of aromatic amines is 1. The molecule has 4 nitrogen and oxygen atoms in total. The number of aryl methyl sites for hydroxylation is 1. The van der Waals surface area contributed by atoms with Gasteiger partial charge in [0.25, 0.3) is 5.91 Å². The van der Waals surface area contributed by atoms with E-state index in [9.17, 15) is 4.79 Å². The summed E-state index contributed by atoms with van der Waals surface area (Å²) in [5.41, 5.74) is 7.83. The molecule has 0 aromatic carbocycles. The van der Waals surface area contributed by atoms with Crippen LogP contribution in [0.1, 0.15) is 48.2 Å². The Morgan fingerprint density at radius 2 is 2.05 bits per heavy atom. The topological polar surface area (TPSA) is 70.9 Å². The molecule has 19 heavy (non-hydrogen) atoms. The van der Waals surface area contributed by atoms with E-state index in [4.69, 9.17) is 5.73 Å². The van der Waals surface area contributed by atoms with Crippen LogP contribution in [0.15, 0.2) is 12.3 Å². The maximum absolute atomic E-state index is 12.3. The van der Waals surface area contributed by atoms with E-state index in [0.717, 1.165) is 24.1 Å². The summed E-state index contributed by atoms with van der Waals surface area (Å²) < 4.78 is 0. The van der Waals surface area contributed by atoms with Gasteiger partial charge in [-0.3, -0.25) is 4.79 Å². The van der Waals surface area contributed by atoms with Crippen LogP contribution in [0.5, 0.6) is 0 Å². The number of hydrogen-bond acceptors (Lipinski definition) is 2. The van der Waals surface area contributed by atoms with E-state index in [0.29, 0.717) is 23.9 Å². The van der Waals surface area contributed by atoms with Gasteiger partial charge in [0.15, 0.2) is 0 Å². The zero-order chi connectivity index (χ0) is 13.4. The van der Waals surface area contributed by atoms with E-state index < -0.39 is 0 Å². The molecule has 2 saturated carbocycles. The summed E-state index contributed by atoms with van der Waals surface area (Å²) >= 11 is 0. The maximum Gasteiger partial charge on any atom is 0.253 e. The summed E-state index contributed by atoms with van der Waals surface area (Å²) in [7, 11) is 0. The van der Waals surface area contributed by atoms with E-state index >= 15 is 0 Å². The van der Waals surface area contributed by atoms with Crippen molar-refractivity contribution in [3.63, 3.8) is 0 Å². The van der Waals surface area contributed by atoms with Gasteiger partial charge in [0, 0.05) is 24.0 Å². The summed E-state index contributed by atoms with van der Waals surface area (Å²) in [5.74, 6) is 1.22. The summed E-state index contributed by atoms with van der Waals surface area (Å²) in [5, 5.41) is 3.27. The summed E-state index contributed by atoms with van der Waals surface area (Å²) in [6, 6.07) is 2.52. The smallest absolute Gasteiger partial charge is 0.253 e. The van der Waals surface area contributed by atoms with Crippen molar-refractivity contribution in [3.8, 4) is 0 Å². The predicted molar refractivity (Wildman–Crippen MR) is 74.8 cm³/mol. The zero-order valence-electron chi connectivity index (χ0n) is 11.5. The lowest BCUT2D eigenvalue weighted by atomic mass is 9.67. The van der Waals surface area contributed by atoms with Gasteiger partial charge >= 0.3 is 0 Å². The van der Waals surface area contributed by atoms with Gasteiger partial charge in [-0.05, 0) is 50.5 Å². The molecule has 4 heteroatoms. The molecule has 1 heterocycles. The third-order valence-corrected chi connectivity index (χ3v) is 4.87. The van der Waals surface area contributed by atoms with Gasteiger partial charge in [-0.1, -0.05) is 6.42 Å². The maximum atomic E-state index is 12.3. The largest absolute Gasteiger partial charge is 0.365 e. The Balaban J connectivity index is 1.72. The van der Waals surface area contributed by atoms with Crippen molar-refractivity contribution in [1.82, 2.24) is 10.3 Å². The molecule has 0 saturated heterocycles. The highest BCUT2D eigenvalue weighted by Gasteiger charge is 2.40. The van der Waals surface area contributed by atoms with Gasteiger partial charge in [-0.15, -0.1) is 0 Å². The number of rotatable bonds is 2. The fraction of sp³-hybridized carbons (Fsp3) is 0.667. The molecule has 2 unspecified atom stereocenters. The van der Waals surface area contributed by atoms with Crippen molar-refractivity contribution in [2.45, 2.75) is 51.1 Å². The van der Waals surface area contributed by atoms with Crippen LogP contribution in [0, 0.1) is 18.8 Å². The van der Waals surface area contributed by atoms with Crippen molar-refractivity contribution in [3.05, 3.63) is 23.5 Å². The fourth-order valence-electron chi connectivity index (χ4n) is 3.95. The number of nitrogens with one attached hydrogen (secondary N) is 2. The Kier molecular flexibility index (Phi) is 3.35. The zero-order valence-corrected chi connectivity index (χ0v) is 11.5. The van der Waals surface area contributed by atoms with Crippen molar-refractivity contribution < 1.29 is 4.79 Å². The quantitative estimate of drug-likeness (QED) is 0.761. The molecule has 2 aliphatic rings. The first kappa shape index (κ1) is 12.7. The summed E-state index contributed by atoms with van der Waals surface area (Å²) in [6.07, 6.45) is 7.66. The average Bonchev–Trinajstić information content (AvgIpc) is 2.76. The van der Waals surface area contributed by atoms with Crippen LogP contribution in [0.25, 0.3) is 0 Å². The number of fused-ring (bicyclic) bond motifs is 2. The molecule has 0 aliphatic heterocycles. The molecule has 1 amide bonds. The molecule has 0 radical (unpaired) electrons. The van der Waals surface area contributed by atoms with E-state index in [2.05, 4.69) is 10.3 Å². The summed E-state index contributed by atoms with van der Waals surface area (Å²) in [4.78, 5) is 15.4. The standard InChI is InChI=1S/C15H23N3O/c1-9-13(5-6-17-9)15(19)18-14-10-3-2-4-11(14)8-12(16)7-10/h5-6,10-12,14,17H,2-4,7-8,16H2,1H3,(H,18,19). The van der Waals surface area contributed by atoms with Gasteiger partial charge in [0.1, 0.15) is 0 Å². The van der Waals surface area contributed by atoms with Crippen LogP contribution in [0.4, 0.5) is 0 Å². The number of carbonyl (C=O) groups excluding carboxylic acids is 1. The minimum absolute atomic E-state index is 0.0659. The number of amides is 1. The second-order valence-corrected chi connectivity index (χ2v) is 6.20. The van der Waals surface area contributed by atoms with Gasteiger partial charge < -0.3 is 16.0 Å². The Morgan fingerprint density at radius 3 is 2.63 bits per heavy atom. The van der Waals surface area contributed by atoms with Crippen LogP contribution >= 0.6 is 0 Å². The second-order valence-electron chi connectivity index (χ2n) is 6.20. The first-order chi connectivity index (χ1) is 9.15. The number of nitrogens with two attached hydrogens (primary N) is 1. The number of hydrogen-bond donors (Lipinski definition) is 3. The third kappa shape index (κ3) is 2.41. The predicted octanol–water partition coefficient (Wildman–Crippen LogP) is 1.96. The number of aromatic nitrogens is 1. The number of H-pyrrole nitrogens is 1. The fourth-order valence-corrected chi connectivity index (χ4v) is 3.95. The van der Waals surface area contributed by atoms with Crippen LogP contribution < -0.4 is 11.1 Å². The van der Waals surface area contributed by atoms with E-state index in [-0.39, 0.29) is 5.91 Å². The van der Waals surface area contributed by atoms with Gasteiger partial charge in [0.05, 0.1) is 5.56 Å². The molecule has 104 valence electrons. The summed E-state index contributed by atoms with van der Waals surface area (Å²) in [6.45, 7) is 1.94. The molecule has 1 aromatic heterocycles. The number of carbonyl (C=O) groups is 1. The van der Waals surface area contributed by atoms with E-state index in [1.54, 1.807) is 0 Å². The molecule has 0 spiro atoms. The monoisotopic (exact) mass is 261 g/mol. The van der Waals surface area contributed by atoms with Crippen LogP contribution in [0.3, 0.4) is 0 Å². The molecular weight excluding hydrogens is 238 g/mol. The van der Waals surface area contributed by atoms with Crippen molar-refractivity contribution in [2.24, 2.45) is 17.6 Å². The van der Waals surface area contributed by atoms with Crippen LogP contribution in [-0.2, 0) is 0 Å². The van der Waals surface area contributed by atoms with Crippen LogP contribution in [-0.4, -0.2) is 23.0 Å². The minimum Gasteiger partial charge on any atom is -0.365 e. The van der Waals surface area contributed by atoms with Gasteiger partial charge in [-0.2, -0.15) is 0 Å². The van der Waals surface area contributed by atoms with Gasteiger partial charge in [0.2, 0.25) is 0 Å². The van der Waals surface area contributed by atoms with Crippen molar-refractivity contribution in [1.29, 1.82) is 0 Å². The highest BCUT2D eigenvalue weighted by Crippen LogP contribution is 2.39. The molecule has 2 bridgehead atoms. The first-order valence-corrected chi connectivity index (χ1v) is 7.35. The lowest BCUT2D eigenvalue weighted by molar-refractivity contribution is 0.0755. The lowest BCUT2D eigenvalue weighted by Gasteiger charge is -2.45. The SMILES string of the molecule is Cc1[nH]ccc1C(=O)NC1C2CCCC1CC(N)C2. The third-order valence-electron chi connectivity index (χ3n) is 4.87. The first-order valence-electron chi connectivity index (χ1n) is 7.35.